The van der Waals surface area contributed by atoms with E-state index in [-0.39, 0.29) is 0 Å². The van der Waals surface area contributed by atoms with Crippen LogP contribution in [0, 0.1) is 0 Å². The molecule has 0 N–H and O–H groups in total. The highest BCUT2D eigenvalue weighted by molar-refractivity contribution is 5.55. The zero-order valence-electron chi connectivity index (χ0n) is 14.5. The van der Waals surface area contributed by atoms with Crippen LogP contribution >= 0.6 is 0 Å². The van der Waals surface area contributed by atoms with E-state index in [9.17, 15) is 0 Å². The fraction of sp³-hybridized carbons (Fsp3) is 0.474. The summed E-state index contributed by atoms with van der Waals surface area (Å²) in [6.07, 6.45) is 8.54. The van der Waals surface area contributed by atoms with Crippen molar-refractivity contribution < 1.29 is 14.2 Å². The van der Waals surface area contributed by atoms with Crippen molar-refractivity contribution in [2.45, 2.75) is 38.4 Å². The van der Waals surface area contributed by atoms with Crippen LogP contribution in [0.2, 0.25) is 0 Å². The average molecular weight is 317 g/mol. The lowest BCUT2D eigenvalue weighted by Crippen LogP contribution is -2.42. The van der Waals surface area contributed by atoms with E-state index in [1.807, 2.05) is 12.1 Å². The molecule has 0 spiro atoms. The molecule has 0 aromatic heterocycles. The molecule has 4 nitrogen and oxygen atoms in total. The minimum absolute atomic E-state index is 0.381. The highest BCUT2D eigenvalue weighted by Crippen LogP contribution is 2.40. The number of hydrogen-bond acceptors (Lipinski definition) is 4. The van der Waals surface area contributed by atoms with Gasteiger partial charge in [0.15, 0.2) is 11.5 Å². The minimum atomic E-state index is 0.381. The average Bonchev–Trinajstić information content (AvgIpc) is 2.57. The summed E-state index contributed by atoms with van der Waals surface area (Å²) in [5.74, 6) is 2.07. The van der Waals surface area contributed by atoms with Crippen molar-refractivity contribution in [3.8, 4) is 17.2 Å². The Morgan fingerprint density at radius 1 is 1.17 bits per heavy atom. The Hall–Kier alpha value is -1.94. The molecule has 0 amide bonds. The van der Waals surface area contributed by atoms with Crippen molar-refractivity contribution in [1.82, 2.24) is 4.90 Å². The second-order valence-electron chi connectivity index (χ2n) is 5.75. The highest BCUT2D eigenvalue weighted by atomic mass is 16.5. The number of benzene rings is 1. The molecule has 4 heteroatoms. The largest absolute Gasteiger partial charge is 0.493 e. The van der Waals surface area contributed by atoms with Gasteiger partial charge >= 0.3 is 0 Å². The zero-order chi connectivity index (χ0) is 16.8. The van der Waals surface area contributed by atoms with Crippen LogP contribution in [-0.2, 0) is 6.54 Å². The van der Waals surface area contributed by atoms with E-state index in [0.717, 1.165) is 30.7 Å². The lowest BCUT2D eigenvalue weighted by atomic mass is 9.99. The van der Waals surface area contributed by atoms with Gasteiger partial charge in [-0.3, -0.25) is 4.90 Å². The predicted octanol–water partition coefficient (Wildman–Crippen LogP) is 3.81. The summed E-state index contributed by atoms with van der Waals surface area (Å²) in [5, 5.41) is 0. The van der Waals surface area contributed by atoms with Crippen molar-refractivity contribution in [3.05, 3.63) is 42.5 Å². The standard InChI is InChI=1S/C19H27NO3/c1-6-8-16-10-7-9-14(2)20(16)13-15-11-12-17(21-3)19(23-5)18(15)22-4/h6-7,9,11-12,14,16H,1,8,10,13H2,2-5H3/t14-,16-/m1/s1. The van der Waals surface area contributed by atoms with Gasteiger partial charge in [-0.15, -0.1) is 6.58 Å². The lowest BCUT2D eigenvalue weighted by Gasteiger charge is -2.37. The Morgan fingerprint density at radius 3 is 2.52 bits per heavy atom. The fourth-order valence-corrected chi connectivity index (χ4v) is 3.19. The van der Waals surface area contributed by atoms with Crippen molar-refractivity contribution in [3.63, 3.8) is 0 Å². The van der Waals surface area contributed by atoms with Crippen molar-refractivity contribution in [1.29, 1.82) is 0 Å². The molecular formula is C19H27NO3. The molecule has 1 aromatic carbocycles. The van der Waals surface area contributed by atoms with Gasteiger partial charge in [0.25, 0.3) is 0 Å². The molecule has 2 rings (SSSR count). The second kappa shape index (κ2) is 8.06. The number of rotatable bonds is 7. The van der Waals surface area contributed by atoms with Gasteiger partial charge in [-0.2, -0.15) is 0 Å². The van der Waals surface area contributed by atoms with Gasteiger partial charge in [0.2, 0.25) is 5.75 Å². The molecule has 0 unspecified atom stereocenters. The Labute approximate surface area is 139 Å². The van der Waals surface area contributed by atoms with Gasteiger partial charge in [-0.05, 0) is 25.8 Å². The maximum atomic E-state index is 5.61. The number of nitrogens with zero attached hydrogens (tertiary/aromatic N) is 1. The zero-order valence-corrected chi connectivity index (χ0v) is 14.5. The van der Waals surface area contributed by atoms with Gasteiger partial charge < -0.3 is 14.2 Å². The van der Waals surface area contributed by atoms with Crippen LogP contribution in [0.5, 0.6) is 17.2 Å². The molecule has 23 heavy (non-hydrogen) atoms. The van der Waals surface area contributed by atoms with E-state index in [1.165, 1.54) is 0 Å². The van der Waals surface area contributed by atoms with Crippen molar-refractivity contribution in [2.75, 3.05) is 21.3 Å². The third-order valence-corrected chi connectivity index (χ3v) is 4.39. The van der Waals surface area contributed by atoms with Crippen LogP contribution in [0.25, 0.3) is 0 Å². The molecule has 126 valence electrons. The smallest absolute Gasteiger partial charge is 0.203 e. The summed E-state index contributed by atoms with van der Waals surface area (Å²) < 4.78 is 16.5. The van der Waals surface area contributed by atoms with Gasteiger partial charge in [-0.25, -0.2) is 0 Å². The fourth-order valence-electron chi connectivity index (χ4n) is 3.19. The summed E-state index contributed by atoms with van der Waals surface area (Å²) in [4.78, 5) is 2.48. The molecule has 0 saturated carbocycles. The van der Waals surface area contributed by atoms with Gasteiger partial charge in [0.05, 0.1) is 21.3 Å². The number of hydrogen-bond donors (Lipinski definition) is 0. The SMILES string of the molecule is C=CC[C@@H]1CC=C[C@@H](C)N1Cc1ccc(OC)c(OC)c1OC. The summed E-state index contributed by atoms with van der Waals surface area (Å²) in [6, 6.07) is 4.83. The first-order chi connectivity index (χ1) is 11.2. The second-order valence-corrected chi connectivity index (χ2v) is 5.75. The molecule has 0 aliphatic carbocycles. The van der Waals surface area contributed by atoms with E-state index in [2.05, 4.69) is 36.6 Å². The first-order valence-electron chi connectivity index (χ1n) is 7.97. The van der Waals surface area contributed by atoms with Crippen LogP contribution in [0.1, 0.15) is 25.3 Å². The van der Waals surface area contributed by atoms with E-state index in [1.54, 1.807) is 21.3 Å². The minimum Gasteiger partial charge on any atom is -0.493 e. The third-order valence-electron chi connectivity index (χ3n) is 4.39. The Bertz CT molecular complexity index is 568. The summed E-state index contributed by atoms with van der Waals surface area (Å²) >= 11 is 0. The van der Waals surface area contributed by atoms with Crippen LogP contribution in [0.3, 0.4) is 0 Å². The maximum Gasteiger partial charge on any atom is 0.203 e. The van der Waals surface area contributed by atoms with Gasteiger partial charge in [0.1, 0.15) is 0 Å². The first kappa shape index (κ1) is 17.4. The lowest BCUT2D eigenvalue weighted by molar-refractivity contribution is 0.148. The van der Waals surface area contributed by atoms with E-state index >= 15 is 0 Å². The Kier molecular flexibility index (Phi) is 6.11. The molecule has 0 saturated heterocycles. The Balaban J connectivity index is 2.34. The van der Waals surface area contributed by atoms with Crippen LogP contribution in [-0.4, -0.2) is 38.3 Å². The first-order valence-corrected chi connectivity index (χ1v) is 7.97. The molecular weight excluding hydrogens is 290 g/mol. The normalized spacial score (nSPS) is 21.0. The summed E-state index contributed by atoms with van der Waals surface area (Å²) in [6.45, 7) is 6.91. The molecule has 0 fully saturated rings. The van der Waals surface area contributed by atoms with E-state index in [0.29, 0.717) is 23.6 Å². The van der Waals surface area contributed by atoms with Crippen molar-refractivity contribution in [2.24, 2.45) is 0 Å². The topological polar surface area (TPSA) is 30.9 Å². The van der Waals surface area contributed by atoms with Gasteiger partial charge in [0, 0.05) is 24.2 Å². The number of ether oxygens (including phenoxy) is 3. The molecule has 0 radical (unpaired) electrons. The van der Waals surface area contributed by atoms with E-state index < -0.39 is 0 Å². The molecule has 2 atom stereocenters. The summed E-state index contributed by atoms with van der Waals surface area (Å²) in [5.41, 5.74) is 1.10. The monoisotopic (exact) mass is 317 g/mol. The molecule has 1 heterocycles. The van der Waals surface area contributed by atoms with Crippen LogP contribution in [0.15, 0.2) is 36.9 Å². The van der Waals surface area contributed by atoms with Crippen molar-refractivity contribution >= 4 is 0 Å². The number of methoxy groups -OCH3 is 3. The van der Waals surface area contributed by atoms with Crippen LogP contribution < -0.4 is 14.2 Å². The third kappa shape index (κ3) is 3.70. The quantitative estimate of drug-likeness (QED) is 0.716. The summed E-state index contributed by atoms with van der Waals surface area (Å²) in [7, 11) is 4.94. The molecule has 0 bridgehead atoms. The van der Waals surface area contributed by atoms with Crippen LogP contribution in [0.4, 0.5) is 0 Å². The molecule has 1 aliphatic rings. The molecule has 1 aliphatic heterocycles. The maximum absolute atomic E-state index is 5.61. The highest BCUT2D eigenvalue weighted by Gasteiger charge is 2.26. The predicted molar refractivity (Wildman–Crippen MR) is 93.5 cm³/mol. The van der Waals surface area contributed by atoms with E-state index in [4.69, 9.17) is 14.2 Å². The van der Waals surface area contributed by atoms with Gasteiger partial charge in [-0.1, -0.05) is 24.3 Å². The Morgan fingerprint density at radius 2 is 1.91 bits per heavy atom. The molecule has 1 aromatic rings.